The van der Waals surface area contributed by atoms with E-state index in [-0.39, 0.29) is 10.7 Å². The number of nitrogens with zero attached hydrogens (tertiary/aromatic N) is 3. The first-order valence-electron chi connectivity index (χ1n) is 5.98. The number of rotatable bonds is 3. The van der Waals surface area contributed by atoms with E-state index in [2.05, 4.69) is 21.7 Å². The second kappa shape index (κ2) is 5.54. The third-order valence-corrected chi connectivity index (χ3v) is 3.36. The molecule has 2 heterocycles. The number of hydrogen-bond acceptors (Lipinski definition) is 4. The molecular weight excluding hydrogens is 254 g/mol. The fraction of sp³-hybridized carbons (Fsp3) is 0.500. The van der Waals surface area contributed by atoms with Gasteiger partial charge in [-0.05, 0) is 18.7 Å². The van der Waals surface area contributed by atoms with Crippen molar-refractivity contribution in [3.05, 3.63) is 22.8 Å². The molecule has 0 unspecified atom stereocenters. The summed E-state index contributed by atoms with van der Waals surface area (Å²) in [4.78, 5) is 19.6. The highest BCUT2D eigenvalue weighted by molar-refractivity contribution is 6.29. The Labute approximate surface area is 111 Å². The van der Waals surface area contributed by atoms with Crippen LogP contribution in [0.1, 0.15) is 17.3 Å². The van der Waals surface area contributed by atoms with Crippen molar-refractivity contribution in [2.75, 3.05) is 37.6 Å². The summed E-state index contributed by atoms with van der Waals surface area (Å²) in [5, 5.41) is 9.22. The zero-order valence-electron chi connectivity index (χ0n) is 10.3. The standard InChI is InChI=1S/C12H16ClN3O2/c1-2-15-3-5-16(6-4-15)11-8-9(12(17)18)7-10(13)14-11/h7-8H,2-6H2,1H3,(H,17,18). The second-order valence-electron chi connectivity index (χ2n) is 4.26. The van der Waals surface area contributed by atoms with Gasteiger partial charge < -0.3 is 14.9 Å². The van der Waals surface area contributed by atoms with Crippen LogP contribution in [0.3, 0.4) is 0 Å². The maximum absolute atomic E-state index is 11.0. The largest absolute Gasteiger partial charge is 0.478 e. The molecule has 1 aromatic rings. The lowest BCUT2D eigenvalue weighted by Gasteiger charge is -2.34. The minimum absolute atomic E-state index is 0.183. The maximum Gasteiger partial charge on any atom is 0.335 e. The lowest BCUT2D eigenvalue weighted by Crippen LogP contribution is -2.46. The van der Waals surface area contributed by atoms with Crippen LogP contribution in [-0.2, 0) is 0 Å². The average Bonchev–Trinajstić information content (AvgIpc) is 2.38. The Morgan fingerprint density at radius 2 is 2.06 bits per heavy atom. The first-order valence-corrected chi connectivity index (χ1v) is 6.36. The van der Waals surface area contributed by atoms with Crippen LogP contribution in [0, 0.1) is 0 Å². The first kappa shape index (κ1) is 13.1. The number of carbonyl (C=O) groups is 1. The maximum atomic E-state index is 11.0. The number of aromatic nitrogens is 1. The van der Waals surface area contributed by atoms with Crippen LogP contribution in [0.5, 0.6) is 0 Å². The minimum Gasteiger partial charge on any atom is -0.478 e. The molecule has 0 bridgehead atoms. The molecule has 0 aliphatic carbocycles. The van der Waals surface area contributed by atoms with Crippen LogP contribution in [0.4, 0.5) is 5.82 Å². The zero-order valence-corrected chi connectivity index (χ0v) is 11.0. The van der Waals surface area contributed by atoms with E-state index in [1.54, 1.807) is 6.07 Å². The molecule has 1 aliphatic rings. The number of halogens is 1. The van der Waals surface area contributed by atoms with Crippen molar-refractivity contribution in [2.45, 2.75) is 6.92 Å². The van der Waals surface area contributed by atoms with E-state index < -0.39 is 5.97 Å². The SMILES string of the molecule is CCN1CCN(c2cc(C(=O)O)cc(Cl)n2)CC1. The summed E-state index contributed by atoms with van der Waals surface area (Å²) in [5.74, 6) is -0.330. The molecular formula is C12H16ClN3O2. The molecule has 1 N–H and O–H groups in total. The average molecular weight is 270 g/mol. The van der Waals surface area contributed by atoms with Gasteiger partial charge >= 0.3 is 5.97 Å². The molecule has 0 atom stereocenters. The molecule has 5 nitrogen and oxygen atoms in total. The lowest BCUT2D eigenvalue weighted by molar-refractivity contribution is 0.0697. The van der Waals surface area contributed by atoms with Gasteiger partial charge in [-0.2, -0.15) is 0 Å². The van der Waals surface area contributed by atoms with Gasteiger partial charge in [0.05, 0.1) is 5.56 Å². The highest BCUT2D eigenvalue weighted by Crippen LogP contribution is 2.19. The van der Waals surface area contributed by atoms with Crippen molar-refractivity contribution >= 4 is 23.4 Å². The Morgan fingerprint density at radius 1 is 1.39 bits per heavy atom. The molecule has 1 saturated heterocycles. The van der Waals surface area contributed by atoms with Crippen LogP contribution >= 0.6 is 11.6 Å². The predicted molar refractivity (Wildman–Crippen MR) is 70.5 cm³/mol. The zero-order chi connectivity index (χ0) is 13.1. The quantitative estimate of drug-likeness (QED) is 0.845. The molecule has 0 aromatic carbocycles. The molecule has 0 radical (unpaired) electrons. The number of piperazine rings is 1. The monoisotopic (exact) mass is 269 g/mol. The van der Waals surface area contributed by atoms with Crippen molar-refractivity contribution in [3.63, 3.8) is 0 Å². The van der Waals surface area contributed by atoms with Gasteiger partial charge in [-0.15, -0.1) is 0 Å². The number of aromatic carboxylic acids is 1. The third-order valence-electron chi connectivity index (χ3n) is 3.17. The normalized spacial score (nSPS) is 16.9. The summed E-state index contributed by atoms with van der Waals surface area (Å²) >= 11 is 5.86. The van der Waals surface area contributed by atoms with Gasteiger partial charge in [-0.25, -0.2) is 9.78 Å². The van der Waals surface area contributed by atoms with Gasteiger partial charge in [0.25, 0.3) is 0 Å². The van der Waals surface area contributed by atoms with E-state index in [0.717, 1.165) is 32.7 Å². The fourth-order valence-corrected chi connectivity index (χ4v) is 2.27. The molecule has 0 saturated carbocycles. The van der Waals surface area contributed by atoms with Gasteiger partial charge in [-0.3, -0.25) is 0 Å². The number of anilines is 1. The Morgan fingerprint density at radius 3 is 2.61 bits per heavy atom. The highest BCUT2D eigenvalue weighted by atomic mass is 35.5. The Hall–Kier alpha value is -1.33. The summed E-state index contributed by atoms with van der Waals surface area (Å²) in [5.41, 5.74) is 0.183. The van der Waals surface area contributed by atoms with Gasteiger partial charge in [0.2, 0.25) is 0 Å². The van der Waals surface area contributed by atoms with Gasteiger partial charge in [0.1, 0.15) is 11.0 Å². The second-order valence-corrected chi connectivity index (χ2v) is 4.65. The number of carboxylic acids is 1. The van der Waals surface area contributed by atoms with E-state index >= 15 is 0 Å². The first-order chi connectivity index (χ1) is 8.60. The molecule has 0 spiro atoms. The molecule has 98 valence electrons. The predicted octanol–water partition coefficient (Wildman–Crippen LogP) is 1.58. The van der Waals surface area contributed by atoms with Crippen molar-refractivity contribution in [1.29, 1.82) is 0 Å². The van der Waals surface area contributed by atoms with Crippen molar-refractivity contribution in [3.8, 4) is 0 Å². The highest BCUT2D eigenvalue weighted by Gasteiger charge is 2.18. The van der Waals surface area contributed by atoms with Crippen molar-refractivity contribution in [1.82, 2.24) is 9.88 Å². The van der Waals surface area contributed by atoms with Crippen LogP contribution in [0.15, 0.2) is 12.1 Å². The smallest absolute Gasteiger partial charge is 0.335 e. The fourth-order valence-electron chi connectivity index (χ4n) is 2.06. The van der Waals surface area contributed by atoms with Crippen LogP contribution in [-0.4, -0.2) is 53.7 Å². The number of carboxylic acid groups (broad SMARTS) is 1. The molecule has 0 amide bonds. The van der Waals surface area contributed by atoms with Gasteiger partial charge in [0, 0.05) is 26.2 Å². The van der Waals surface area contributed by atoms with E-state index in [1.165, 1.54) is 6.07 Å². The molecule has 18 heavy (non-hydrogen) atoms. The third kappa shape index (κ3) is 2.91. The van der Waals surface area contributed by atoms with E-state index in [1.807, 2.05) is 0 Å². The van der Waals surface area contributed by atoms with Crippen LogP contribution < -0.4 is 4.90 Å². The topological polar surface area (TPSA) is 56.7 Å². The summed E-state index contributed by atoms with van der Waals surface area (Å²) in [6.45, 7) is 6.80. The number of hydrogen-bond donors (Lipinski definition) is 1. The molecule has 1 aliphatic heterocycles. The molecule has 2 rings (SSSR count). The summed E-state index contributed by atoms with van der Waals surface area (Å²) in [7, 11) is 0. The minimum atomic E-state index is -0.979. The van der Waals surface area contributed by atoms with Crippen molar-refractivity contribution < 1.29 is 9.90 Å². The van der Waals surface area contributed by atoms with Crippen LogP contribution in [0.2, 0.25) is 5.15 Å². The number of pyridine rings is 1. The van der Waals surface area contributed by atoms with E-state index in [9.17, 15) is 4.79 Å². The van der Waals surface area contributed by atoms with E-state index in [4.69, 9.17) is 16.7 Å². The van der Waals surface area contributed by atoms with Gasteiger partial charge in [-0.1, -0.05) is 18.5 Å². The summed E-state index contributed by atoms with van der Waals surface area (Å²) < 4.78 is 0. The molecule has 1 fully saturated rings. The Balaban J connectivity index is 2.16. The van der Waals surface area contributed by atoms with Crippen molar-refractivity contribution in [2.24, 2.45) is 0 Å². The molecule has 1 aromatic heterocycles. The van der Waals surface area contributed by atoms with E-state index in [0.29, 0.717) is 5.82 Å². The Kier molecular flexibility index (Phi) is 4.04. The van der Waals surface area contributed by atoms with Gasteiger partial charge in [0.15, 0.2) is 0 Å². The Bertz CT molecular complexity index is 445. The summed E-state index contributed by atoms with van der Waals surface area (Å²) in [6.07, 6.45) is 0. The molecule has 6 heteroatoms. The number of likely N-dealkylation sites (N-methyl/N-ethyl adjacent to an activating group) is 1. The van der Waals surface area contributed by atoms with Crippen LogP contribution in [0.25, 0.3) is 0 Å². The summed E-state index contributed by atoms with van der Waals surface area (Å²) in [6, 6.07) is 2.95. The lowest BCUT2D eigenvalue weighted by atomic mass is 10.2.